The maximum absolute atomic E-state index is 13.0. The first-order chi connectivity index (χ1) is 15.1. The Kier molecular flexibility index (Phi) is 6.98. The Hall–Kier alpha value is -2.72. The SMILES string of the molecule is COCCCn1c([C@@H]2CCOC2)nnc1N1CC[C@H](NC(=O)Nc2ccc(F)cc2)C1. The van der Waals surface area contributed by atoms with Crippen LogP contribution in [0.5, 0.6) is 0 Å². The predicted molar refractivity (Wildman–Crippen MR) is 114 cm³/mol. The van der Waals surface area contributed by atoms with Crippen LogP contribution in [-0.2, 0) is 16.0 Å². The van der Waals surface area contributed by atoms with Gasteiger partial charge in [-0.15, -0.1) is 10.2 Å². The Morgan fingerprint density at radius 3 is 2.87 bits per heavy atom. The number of methoxy groups -OCH3 is 1. The molecule has 0 aliphatic carbocycles. The fourth-order valence-electron chi connectivity index (χ4n) is 4.11. The zero-order valence-corrected chi connectivity index (χ0v) is 17.7. The van der Waals surface area contributed by atoms with Crippen LogP contribution >= 0.6 is 0 Å². The summed E-state index contributed by atoms with van der Waals surface area (Å²) in [5, 5.41) is 14.7. The van der Waals surface area contributed by atoms with E-state index >= 15 is 0 Å². The number of hydrogen-bond acceptors (Lipinski definition) is 6. The fraction of sp³-hybridized carbons (Fsp3) is 0.571. The second kappa shape index (κ2) is 10.1. The summed E-state index contributed by atoms with van der Waals surface area (Å²) in [6.07, 6.45) is 2.64. The lowest BCUT2D eigenvalue weighted by molar-refractivity contribution is 0.187. The lowest BCUT2D eigenvalue weighted by atomic mass is 10.1. The van der Waals surface area contributed by atoms with E-state index in [0.717, 1.165) is 50.7 Å². The van der Waals surface area contributed by atoms with Crippen LogP contribution in [0.25, 0.3) is 0 Å². The minimum atomic E-state index is -0.337. The summed E-state index contributed by atoms with van der Waals surface area (Å²) < 4.78 is 26.0. The molecule has 168 valence electrons. The Labute approximate surface area is 180 Å². The summed E-state index contributed by atoms with van der Waals surface area (Å²) in [5.41, 5.74) is 0.551. The van der Waals surface area contributed by atoms with Crippen LogP contribution in [-0.4, -0.2) is 66.9 Å². The van der Waals surface area contributed by atoms with Gasteiger partial charge in [-0.1, -0.05) is 0 Å². The lowest BCUT2D eigenvalue weighted by Gasteiger charge is -2.20. The van der Waals surface area contributed by atoms with Crippen LogP contribution in [0.15, 0.2) is 24.3 Å². The van der Waals surface area contributed by atoms with Gasteiger partial charge in [-0.3, -0.25) is 4.57 Å². The van der Waals surface area contributed by atoms with Gasteiger partial charge >= 0.3 is 6.03 Å². The van der Waals surface area contributed by atoms with Crippen molar-refractivity contribution < 1.29 is 18.7 Å². The van der Waals surface area contributed by atoms with Gasteiger partial charge in [0.05, 0.1) is 6.61 Å². The number of aromatic nitrogens is 3. The summed E-state index contributed by atoms with van der Waals surface area (Å²) in [7, 11) is 1.70. The van der Waals surface area contributed by atoms with Crippen LogP contribution < -0.4 is 15.5 Å². The Morgan fingerprint density at radius 1 is 1.29 bits per heavy atom. The van der Waals surface area contributed by atoms with Crippen molar-refractivity contribution in [3.8, 4) is 0 Å². The van der Waals surface area contributed by atoms with Gasteiger partial charge in [0.25, 0.3) is 0 Å². The highest BCUT2D eigenvalue weighted by molar-refractivity contribution is 5.89. The van der Waals surface area contributed by atoms with E-state index in [2.05, 4.69) is 30.3 Å². The zero-order valence-electron chi connectivity index (χ0n) is 17.7. The lowest BCUT2D eigenvalue weighted by Crippen LogP contribution is -2.40. The maximum Gasteiger partial charge on any atom is 0.319 e. The number of ether oxygens (including phenoxy) is 2. The summed E-state index contributed by atoms with van der Waals surface area (Å²) in [6, 6.07) is 5.39. The number of amides is 2. The van der Waals surface area contributed by atoms with E-state index in [0.29, 0.717) is 25.4 Å². The minimum absolute atomic E-state index is 0.0113. The highest BCUT2D eigenvalue weighted by Crippen LogP contribution is 2.28. The Balaban J connectivity index is 1.38. The molecule has 2 N–H and O–H groups in total. The first-order valence-corrected chi connectivity index (χ1v) is 10.7. The molecule has 0 bridgehead atoms. The van der Waals surface area contributed by atoms with Crippen molar-refractivity contribution in [1.82, 2.24) is 20.1 Å². The molecule has 10 heteroatoms. The fourth-order valence-corrected chi connectivity index (χ4v) is 4.11. The van der Waals surface area contributed by atoms with Crippen LogP contribution in [0, 0.1) is 5.82 Å². The highest BCUT2D eigenvalue weighted by atomic mass is 19.1. The number of rotatable bonds is 8. The molecule has 1 aromatic heterocycles. The van der Waals surface area contributed by atoms with Crippen LogP contribution in [0.2, 0.25) is 0 Å². The molecule has 31 heavy (non-hydrogen) atoms. The molecule has 2 fully saturated rings. The molecule has 2 aliphatic rings. The minimum Gasteiger partial charge on any atom is -0.385 e. The average Bonchev–Trinajstić information content (AvgIpc) is 3.50. The molecule has 2 atom stereocenters. The molecule has 2 saturated heterocycles. The molecule has 1 aromatic carbocycles. The third-order valence-corrected chi connectivity index (χ3v) is 5.69. The van der Waals surface area contributed by atoms with Gasteiger partial charge in [-0.2, -0.15) is 0 Å². The first kappa shape index (κ1) is 21.5. The summed E-state index contributed by atoms with van der Waals surface area (Å²) in [4.78, 5) is 14.5. The van der Waals surface area contributed by atoms with Crippen LogP contribution in [0.1, 0.15) is 31.0 Å². The monoisotopic (exact) mass is 432 g/mol. The van der Waals surface area contributed by atoms with Gasteiger partial charge in [0.2, 0.25) is 5.95 Å². The number of nitrogens with zero attached hydrogens (tertiary/aromatic N) is 4. The van der Waals surface area contributed by atoms with E-state index in [4.69, 9.17) is 9.47 Å². The number of halogens is 1. The molecular formula is C21H29FN6O3. The Morgan fingerprint density at radius 2 is 2.13 bits per heavy atom. The number of carbonyl (C=O) groups excluding carboxylic acids is 1. The second-order valence-electron chi connectivity index (χ2n) is 7.95. The summed E-state index contributed by atoms with van der Waals surface area (Å²) >= 11 is 0. The predicted octanol–water partition coefficient (Wildman–Crippen LogP) is 2.36. The van der Waals surface area contributed by atoms with Gasteiger partial charge in [0.15, 0.2) is 0 Å². The second-order valence-corrected chi connectivity index (χ2v) is 7.95. The quantitative estimate of drug-likeness (QED) is 0.622. The molecule has 9 nitrogen and oxygen atoms in total. The normalized spacial score (nSPS) is 20.9. The van der Waals surface area contributed by atoms with Gasteiger partial charge in [0, 0.05) is 57.6 Å². The van der Waals surface area contributed by atoms with Crippen LogP contribution in [0.3, 0.4) is 0 Å². The zero-order chi connectivity index (χ0) is 21.6. The molecule has 0 radical (unpaired) electrons. The largest absolute Gasteiger partial charge is 0.385 e. The van der Waals surface area contributed by atoms with Crippen molar-refractivity contribution in [2.24, 2.45) is 0 Å². The van der Waals surface area contributed by atoms with Crippen molar-refractivity contribution in [2.45, 2.75) is 37.8 Å². The van der Waals surface area contributed by atoms with Crippen molar-refractivity contribution >= 4 is 17.7 Å². The standard InChI is InChI=1S/C21H29FN6O3/c1-30-11-2-9-28-19(15-8-12-31-14-15)25-26-21(28)27-10-7-18(13-27)24-20(29)23-17-5-3-16(22)4-6-17/h3-6,15,18H,2,7-14H2,1H3,(H2,23,24,29)/t15-,18+/m1/s1. The number of urea groups is 1. The van der Waals surface area contributed by atoms with Crippen molar-refractivity contribution in [1.29, 1.82) is 0 Å². The highest BCUT2D eigenvalue weighted by Gasteiger charge is 2.31. The molecule has 0 unspecified atom stereocenters. The maximum atomic E-state index is 13.0. The summed E-state index contributed by atoms with van der Waals surface area (Å²) in [6.45, 7) is 4.32. The molecule has 4 rings (SSSR count). The van der Waals surface area contributed by atoms with E-state index in [9.17, 15) is 9.18 Å². The molecule has 2 amide bonds. The smallest absolute Gasteiger partial charge is 0.319 e. The van der Waals surface area contributed by atoms with Gasteiger partial charge < -0.3 is 25.0 Å². The Bertz CT molecular complexity index is 869. The molecule has 0 saturated carbocycles. The topological polar surface area (TPSA) is 93.5 Å². The number of anilines is 2. The van der Waals surface area contributed by atoms with Crippen molar-refractivity contribution in [3.05, 3.63) is 35.9 Å². The third kappa shape index (κ3) is 5.31. The molecule has 3 heterocycles. The molecular weight excluding hydrogens is 403 g/mol. The van der Waals surface area contributed by atoms with Gasteiger partial charge in [-0.25, -0.2) is 9.18 Å². The molecule has 0 spiro atoms. The van der Waals surface area contributed by atoms with E-state index in [1.165, 1.54) is 24.3 Å². The average molecular weight is 433 g/mol. The van der Waals surface area contributed by atoms with Crippen molar-refractivity contribution in [2.75, 3.05) is 50.2 Å². The molecule has 2 aromatic rings. The number of hydrogen-bond donors (Lipinski definition) is 2. The third-order valence-electron chi connectivity index (χ3n) is 5.69. The van der Waals surface area contributed by atoms with Gasteiger partial charge in [0.1, 0.15) is 11.6 Å². The van der Waals surface area contributed by atoms with Gasteiger partial charge in [-0.05, 0) is 43.5 Å². The number of benzene rings is 1. The van der Waals surface area contributed by atoms with E-state index in [1.54, 1.807) is 7.11 Å². The molecule has 2 aliphatic heterocycles. The number of nitrogens with one attached hydrogen (secondary N) is 2. The van der Waals surface area contributed by atoms with Crippen molar-refractivity contribution in [3.63, 3.8) is 0 Å². The number of carbonyl (C=O) groups is 1. The van der Waals surface area contributed by atoms with E-state index in [-0.39, 0.29) is 23.8 Å². The first-order valence-electron chi connectivity index (χ1n) is 10.7. The summed E-state index contributed by atoms with van der Waals surface area (Å²) in [5.74, 6) is 1.73. The van der Waals surface area contributed by atoms with Crippen LogP contribution in [0.4, 0.5) is 20.8 Å². The van der Waals surface area contributed by atoms with E-state index in [1.807, 2.05) is 0 Å². The van der Waals surface area contributed by atoms with E-state index < -0.39 is 0 Å².